The molecule has 0 aliphatic carbocycles. The first-order valence-corrected chi connectivity index (χ1v) is 6.26. The second kappa shape index (κ2) is 4.37. The number of oxime groups is 1. The second-order valence-electron chi connectivity index (χ2n) is 4.87. The zero-order chi connectivity index (χ0) is 12.5. The lowest BCUT2D eigenvalue weighted by molar-refractivity contribution is 0.229. The quantitative estimate of drug-likeness (QED) is 0.588. The van der Waals surface area contributed by atoms with Gasteiger partial charge in [-0.3, -0.25) is 0 Å². The van der Waals surface area contributed by atoms with Gasteiger partial charge in [0.15, 0.2) is 0 Å². The number of nitrogens with zero attached hydrogens (tertiary/aromatic N) is 2. The minimum atomic E-state index is 0.263. The van der Waals surface area contributed by atoms with Crippen LogP contribution in [0.4, 0.5) is 0 Å². The molecule has 3 fully saturated rings. The van der Waals surface area contributed by atoms with Crippen molar-refractivity contribution in [2.45, 2.75) is 12.8 Å². The number of phenolic OH excluding ortho intramolecular Hbond substituents is 1. The molecule has 1 aromatic carbocycles. The molecule has 0 atom stereocenters. The van der Waals surface area contributed by atoms with E-state index in [0.29, 0.717) is 5.92 Å². The maximum Gasteiger partial charge on any atom is 0.115 e. The van der Waals surface area contributed by atoms with E-state index in [2.05, 4.69) is 10.1 Å². The maximum absolute atomic E-state index is 9.27. The highest BCUT2D eigenvalue weighted by atomic mass is 16.4. The molecule has 2 bridgehead atoms. The average molecular weight is 244 g/mol. The normalized spacial score (nSPS) is 24.1. The van der Waals surface area contributed by atoms with Crippen LogP contribution in [-0.4, -0.2) is 34.0 Å². The summed E-state index contributed by atoms with van der Waals surface area (Å²) in [4.78, 5) is 2.27. The van der Waals surface area contributed by atoms with Crippen LogP contribution in [-0.2, 0) is 0 Å². The molecule has 3 heterocycles. The molecule has 0 aromatic heterocycles. The summed E-state index contributed by atoms with van der Waals surface area (Å²) in [6.07, 6.45) is 4.18. The third-order valence-corrected chi connectivity index (χ3v) is 3.79. The van der Waals surface area contributed by atoms with Gasteiger partial charge in [-0.15, -0.1) is 0 Å². The van der Waals surface area contributed by atoms with Gasteiger partial charge in [-0.25, -0.2) is 0 Å². The van der Waals surface area contributed by atoms with Crippen molar-refractivity contribution in [1.82, 2.24) is 4.90 Å². The smallest absolute Gasteiger partial charge is 0.115 e. The van der Waals surface area contributed by atoms with Gasteiger partial charge in [0.25, 0.3) is 0 Å². The summed E-state index contributed by atoms with van der Waals surface area (Å²) < 4.78 is 0. The first-order chi connectivity index (χ1) is 8.78. The molecule has 3 saturated heterocycles. The molecule has 94 valence electrons. The van der Waals surface area contributed by atoms with Crippen molar-refractivity contribution in [2.24, 2.45) is 11.1 Å². The fraction of sp³-hybridized carbons (Fsp3) is 0.357. The zero-order valence-electron chi connectivity index (χ0n) is 10.1. The predicted molar refractivity (Wildman–Crippen MR) is 69.6 cm³/mol. The van der Waals surface area contributed by atoms with Crippen molar-refractivity contribution in [1.29, 1.82) is 0 Å². The van der Waals surface area contributed by atoms with E-state index in [1.807, 2.05) is 18.2 Å². The standard InChI is InChI=1S/C14H16N2O2/c17-12-3-1-10(2-4-12)9-13-14(15-18)11-5-7-16(13)8-6-11/h1-4,9,11,17-18H,5-8H2/b13-9-,15-14+. The molecular weight excluding hydrogens is 228 g/mol. The van der Waals surface area contributed by atoms with Gasteiger partial charge < -0.3 is 15.2 Å². The molecule has 0 unspecified atom stereocenters. The molecule has 1 aromatic rings. The predicted octanol–water partition coefficient (Wildman–Crippen LogP) is 2.29. The van der Waals surface area contributed by atoms with Crippen LogP contribution in [0.2, 0.25) is 0 Å². The zero-order valence-corrected chi connectivity index (χ0v) is 10.1. The largest absolute Gasteiger partial charge is 0.508 e. The fourth-order valence-electron chi connectivity index (χ4n) is 2.79. The molecule has 0 spiro atoms. The number of phenols is 1. The Labute approximate surface area is 106 Å². The second-order valence-corrected chi connectivity index (χ2v) is 4.87. The minimum Gasteiger partial charge on any atom is -0.508 e. The van der Waals surface area contributed by atoms with Crippen molar-refractivity contribution < 1.29 is 10.3 Å². The summed E-state index contributed by atoms with van der Waals surface area (Å²) in [6, 6.07) is 7.05. The number of rotatable bonds is 1. The summed E-state index contributed by atoms with van der Waals surface area (Å²) in [5, 5.41) is 21.9. The minimum absolute atomic E-state index is 0.263. The number of aromatic hydroxyl groups is 1. The lowest BCUT2D eigenvalue weighted by Gasteiger charge is -2.42. The lowest BCUT2D eigenvalue weighted by atomic mass is 9.83. The van der Waals surface area contributed by atoms with Gasteiger partial charge in [-0.1, -0.05) is 17.3 Å². The van der Waals surface area contributed by atoms with Crippen molar-refractivity contribution in [3.63, 3.8) is 0 Å². The Kier molecular flexibility index (Phi) is 2.70. The Bertz CT molecular complexity index is 497. The van der Waals surface area contributed by atoms with Gasteiger partial charge in [0, 0.05) is 19.0 Å². The van der Waals surface area contributed by atoms with E-state index in [0.717, 1.165) is 42.9 Å². The highest BCUT2D eigenvalue weighted by Gasteiger charge is 2.35. The SMILES string of the molecule is O/N=C1/C(=C/c2ccc(O)cc2)N2CCC1CC2. The number of piperidine rings is 3. The van der Waals surface area contributed by atoms with Crippen LogP contribution >= 0.6 is 0 Å². The summed E-state index contributed by atoms with van der Waals surface area (Å²) >= 11 is 0. The topological polar surface area (TPSA) is 56.1 Å². The van der Waals surface area contributed by atoms with Gasteiger partial charge in [-0.2, -0.15) is 0 Å². The van der Waals surface area contributed by atoms with Crippen LogP contribution in [0, 0.1) is 5.92 Å². The number of fused-ring (bicyclic) bond motifs is 3. The molecule has 18 heavy (non-hydrogen) atoms. The van der Waals surface area contributed by atoms with E-state index in [4.69, 9.17) is 0 Å². The third-order valence-electron chi connectivity index (χ3n) is 3.79. The van der Waals surface area contributed by atoms with Crippen LogP contribution < -0.4 is 0 Å². The molecule has 4 nitrogen and oxygen atoms in total. The number of hydrogen-bond donors (Lipinski definition) is 2. The Balaban J connectivity index is 1.96. The van der Waals surface area contributed by atoms with E-state index >= 15 is 0 Å². The van der Waals surface area contributed by atoms with Crippen LogP contribution in [0.5, 0.6) is 5.75 Å². The van der Waals surface area contributed by atoms with Gasteiger partial charge in [0.2, 0.25) is 0 Å². The van der Waals surface area contributed by atoms with E-state index in [1.165, 1.54) is 0 Å². The molecule has 3 aliphatic heterocycles. The van der Waals surface area contributed by atoms with E-state index in [1.54, 1.807) is 12.1 Å². The monoisotopic (exact) mass is 244 g/mol. The van der Waals surface area contributed by atoms with Crippen LogP contribution in [0.15, 0.2) is 35.1 Å². The van der Waals surface area contributed by atoms with Gasteiger partial charge >= 0.3 is 0 Å². The summed E-state index contributed by atoms with van der Waals surface area (Å²) in [5.41, 5.74) is 2.84. The Morgan fingerprint density at radius 1 is 1.17 bits per heavy atom. The lowest BCUT2D eigenvalue weighted by Crippen LogP contribution is -2.46. The Hall–Kier alpha value is -1.97. The first-order valence-electron chi connectivity index (χ1n) is 6.26. The molecule has 4 rings (SSSR count). The van der Waals surface area contributed by atoms with Crippen LogP contribution in [0.3, 0.4) is 0 Å². The van der Waals surface area contributed by atoms with Crippen LogP contribution in [0.25, 0.3) is 6.08 Å². The summed E-state index contributed by atoms with van der Waals surface area (Å²) in [5.74, 6) is 0.655. The molecular formula is C14H16N2O2. The third kappa shape index (κ3) is 1.83. The highest BCUT2D eigenvalue weighted by molar-refractivity contribution is 6.05. The molecule has 4 heteroatoms. The summed E-state index contributed by atoms with van der Waals surface area (Å²) in [7, 11) is 0. The van der Waals surface area contributed by atoms with Crippen molar-refractivity contribution in [2.75, 3.05) is 13.1 Å². The number of allylic oxidation sites excluding steroid dienone is 1. The number of benzene rings is 1. The van der Waals surface area contributed by atoms with Crippen LogP contribution in [0.1, 0.15) is 18.4 Å². The molecule has 0 saturated carbocycles. The first kappa shape index (κ1) is 11.1. The van der Waals surface area contributed by atoms with E-state index in [9.17, 15) is 10.3 Å². The maximum atomic E-state index is 9.27. The number of hydrogen-bond acceptors (Lipinski definition) is 4. The highest BCUT2D eigenvalue weighted by Crippen LogP contribution is 2.33. The molecule has 3 aliphatic rings. The molecule has 0 radical (unpaired) electrons. The molecule has 2 N–H and O–H groups in total. The van der Waals surface area contributed by atoms with E-state index < -0.39 is 0 Å². The summed E-state index contributed by atoms with van der Waals surface area (Å²) in [6.45, 7) is 2.07. The van der Waals surface area contributed by atoms with Gasteiger partial charge in [-0.05, 0) is 36.6 Å². The Morgan fingerprint density at radius 3 is 2.44 bits per heavy atom. The van der Waals surface area contributed by atoms with Gasteiger partial charge in [0.1, 0.15) is 11.5 Å². The van der Waals surface area contributed by atoms with Crippen molar-refractivity contribution in [3.05, 3.63) is 35.5 Å². The van der Waals surface area contributed by atoms with Crippen molar-refractivity contribution in [3.8, 4) is 5.75 Å². The average Bonchev–Trinajstić information content (AvgIpc) is 2.42. The fourth-order valence-corrected chi connectivity index (χ4v) is 2.79. The Morgan fingerprint density at radius 2 is 1.83 bits per heavy atom. The molecule has 0 amide bonds. The van der Waals surface area contributed by atoms with Gasteiger partial charge in [0.05, 0.1) is 5.70 Å². The van der Waals surface area contributed by atoms with E-state index in [-0.39, 0.29) is 5.75 Å². The van der Waals surface area contributed by atoms with Crippen molar-refractivity contribution >= 4 is 11.8 Å².